The molecule has 0 heterocycles. The molecule has 0 saturated heterocycles. The van der Waals surface area contributed by atoms with E-state index in [4.69, 9.17) is 0 Å². The SMILES string of the molecule is CCCCC#C/C(=C\C(CC[Se]c1ccccc1)=C(c1ccccc1)c1ccccc1)CCCC. The molecular formula is C34H38Se. The fraction of sp³-hybridized carbons (Fsp3) is 0.294. The molecule has 0 radical (unpaired) electrons. The van der Waals surface area contributed by atoms with Crippen LogP contribution in [0.2, 0.25) is 5.32 Å². The fourth-order valence-corrected chi connectivity index (χ4v) is 5.90. The van der Waals surface area contributed by atoms with Crippen molar-refractivity contribution in [2.75, 3.05) is 0 Å². The van der Waals surface area contributed by atoms with Gasteiger partial charge in [0, 0.05) is 0 Å². The van der Waals surface area contributed by atoms with Crippen molar-refractivity contribution in [1.29, 1.82) is 0 Å². The van der Waals surface area contributed by atoms with Gasteiger partial charge >= 0.3 is 220 Å². The van der Waals surface area contributed by atoms with Gasteiger partial charge in [-0.2, -0.15) is 0 Å². The number of unbranched alkanes of at least 4 members (excludes halogenated alkanes) is 3. The Hall–Kier alpha value is -2.78. The van der Waals surface area contributed by atoms with Gasteiger partial charge in [0.05, 0.1) is 0 Å². The zero-order chi connectivity index (χ0) is 24.6. The van der Waals surface area contributed by atoms with Crippen molar-refractivity contribution in [3.05, 3.63) is 119 Å². The van der Waals surface area contributed by atoms with E-state index in [0.29, 0.717) is 15.0 Å². The van der Waals surface area contributed by atoms with Crippen LogP contribution in [0, 0.1) is 11.8 Å². The molecule has 0 aliphatic rings. The third-order valence-corrected chi connectivity index (χ3v) is 8.01. The summed E-state index contributed by atoms with van der Waals surface area (Å²) in [5.74, 6) is 7.03. The van der Waals surface area contributed by atoms with E-state index >= 15 is 0 Å². The van der Waals surface area contributed by atoms with Gasteiger partial charge in [-0.25, -0.2) is 0 Å². The van der Waals surface area contributed by atoms with E-state index in [2.05, 4.69) is 123 Å². The average Bonchev–Trinajstić information content (AvgIpc) is 2.91. The third kappa shape index (κ3) is 9.41. The van der Waals surface area contributed by atoms with E-state index in [9.17, 15) is 0 Å². The molecule has 0 amide bonds. The number of rotatable bonds is 12. The number of hydrogen-bond acceptors (Lipinski definition) is 0. The minimum atomic E-state index is 0.454. The molecule has 0 nitrogen and oxygen atoms in total. The molecule has 180 valence electrons. The molecule has 1 heteroatoms. The van der Waals surface area contributed by atoms with E-state index in [1.165, 1.54) is 63.3 Å². The molecule has 0 aromatic heterocycles. The Balaban J connectivity index is 2.06. The van der Waals surface area contributed by atoms with Crippen molar-refractivity contribution in [3.8, 4) is 11.8 Å². The zero-order valence-corrected chi connectivity index (χ0v) is 23.0. The van der Waals surface area contributed by atoms with Crippen molar-refractivity contribution in [2.45, 2.75) is 64.1 Å². The van der Waals surface area contributed by atoms with Gasteiger partial charge in [0.2, 0.25) is 0 Å². The van der Waals surface area contributed by atoms with Gasteiger partial charge in [-0.1, -0.05) is 0 Å². The summed E-state index contributed by atoms with van der Waals surface area (Å²) in [6.07, 6.45) is 10.3. The molecule has 3 aromatic rings. The standard InChI is InChI=1S/C34H38Se/c1-3-5-7-11-19-29(18-6-4-2)28-32(26-27-35-33-24-16-10-17-25-33)34(30-20-12-8-13-21-30)31-22-14-9-15-23-31/h8-10,12-17,20-25,28H,3-7,18,26-27H2,1-2H3/b29-28-. The first-order chi connectivity index (χ1) is 17.3. The maximum atomic E-state index is 3.57. The molecular weight excluding hydrogens is 487 g/mol. The molecule has 3 aromatic carbocycles. The van der Waals surface area contributed by atoms with E-state index in [1.54, 1.807) is 0 Å². The van der Waals surface area contributed by atoms with E-state index in [-0.39, 0.29) is 0 Å². The summed E-state index contributed by atoms with van der Waals surface area (Å²) in [5, 5.41) is 1.18. The quantitative estimate of drug-likeness (QED) is 0.0961. The Kier molecular flexibility index (Phi) is 12.3. The summed E-state index contributed by atoms with van der Waals surface area (Å²) >= 11 is 0.454. The van der Waals surface area contributed by atoms with Crippen LogP contribution >= 0.6 is 0 Å². The Morgan fingerprint density at radius 2 is 1.29 bits per heavy atom. The van der Waals surface area contributed by atoms with Crippen LogP contribution in [0.1, 0.15) is 69.9 Å². The molecule has 3 rings (SSSR count). The first-order valence-electron chi connectivity index (χ1n) is 13.0. The van der Waals surface area contributed by atoms with Crippen LogP contribution in [0.25, 0.3) is 5.57 Å². The molecule has 0 saturated carbocycles. The molecule has 0 aliphatic heterocycles. The molecule has 0 aliphatic carbocycles. The van der Waals surface area contributed by atoms with Gasteiger partial charge in [-0.3, -0.25) is 0 Å². The summed E-state index contributed by atoms with van der Waals surface area (Å²) in [4.78, 5) is 0. The topological polar surface area (TPSA) is 0 Å². The Morgan fingerprint density at radius 1 is 0.714 bits per heavy atom. The fourth-order valence-electron chi connectivity index (χ4n) is 4.00. The molecule has 0 atom stereocenters. The molecule has 35 heavy (non-hydrogen) atoms. The van der Waals surface area contributed by atoms with Crippen LogP contribution in [-0.2, 0) is 0 Å². The second-order valence-electron chi connectivity index (χ2n) is 8.72. The van der Waals surface area contributed by atoms with Crippen LogP contribution < -0.4 is 4.46 Å². The van der Waals surface area contributed by atoms with Crippen LogP contribution in [0.5, 0.6) is 0 Å². The number of hydrogen-bond donors (Lipinski definition) is 0. The molecule has 0 fully saturated rings. The van der Waals surface area contributed by atoms with Gasteiger partial charge in [-0.15, -0.1) is 0 Å². The average molecular weight is 526 g/mol. The van der Waals surface area contributed by atoms with Gasteiger partial charge in [0.25, 0.3) is 0 Å². The Bertz CT molecular complexity index is 1070. The molecule has 0 bridgehead atoms. The van der Waals surface area contributed by atoms with E-state index in [0.717, 1.165) is 19.3 Å². The summed E-state index contributed by atoms with van der Waals surface area (Å²) in [6, 6.07) is 32.7. The minimum absolute atomic E-state index is 0.454. The van der Waals surface area contributed by atoms with Crippen molar-refractivity contribution in [3.63, 3.8) is 0 Å². The van der Waals surface area contributed by atoms with Gasteiger partial charge in [0.1, 0.15) is 0 Å². The second-order valence-corrected chi connectivity index (χ2v) is 11.2. The first-order valence-corrected chi connectivity index (χ1v) is 15.1. The molecule has 0 unspecified atom stereocenters. The molecule has 0 spiro atoms. The first kappa shape index (κ1) is 26.8. The van der Waals surface area contributed by atoms with E-state index < -0.39 is 0 Å². The van der Waals surface area contributed by atoms with Crippen molar-refractivity contribution < 1.29 is 0 Å². The van der Waals surface area contributed by atoms with Gasteiger partial charge in [0.15, 0.2) is 0 Å². The van der Waals surface area contributed by atoms with Crippen LogP contribution in [-0.4, -0.2) is 15.0 Å². The second kappa shape index (κ2) is 16.0. The zero-order valence-electron chi connectivity index (χ0n) is 21.3. The summed E-state index contributed by atoms with van der Waals surface area (Å²) in [5.41, 5.74) is 6.61. The predicted octanol–water partition coefficient (Wildman–Crippen LogP) is 8.64. The normalized spacial score (nSPS) is 11.0. The third-order valence-electron chi connectivity index (χ3n) is 5.88. The summed E-state index contributed by atoms with van der Waals surface area (Å²) in [7, 11) is 0. The predicted molar refractivity (Wildman–Crippen MR) is 155 cm³/mol. The van der Waals surface area contributed by atoms with Crippen molar-refractivity contribution in [2.24, 2.45) is 0 Å². The monoisotopic (exact) mass is 526 g/mol. The maximum absolute atomic E-state index is 3.57. The summed E-state index contributed by atoms with van der Waals surface area (Å²) < 4.78 is 1.47. The summed E-state index contributed by atoms with van der Waals surface area (Å²) in [6.45, 7) is 4.50. The molecule has 0 N–H and O–H groups in total. The van der Waals surface area contributed by atoms with E-state index in [1.807, 2.05) is 0 Å². The van der Waals surface area contributed by atoms with Gasteiger partial charge in [-0.05, 0) is 0 Å². The number of benzene rings is 3. The van der Waals surface area contributed by atoms with Crippen LogP contribution in [0.3, 0.4) is 0 Å². The van der Waals surface area contributed by atoms with Crippen LogP contribution in [0.4, 0.5) is 0 Å². The van der Waals surface area contributed by atoms with Crippen molar-refractivity contribution in [1.82, 2.24) is 0 Å². The van der Waals surface area contributed by atoms with Crippen molar-refractivity contribution >= 4 is 25.0 Å². The Labute approximate surface area is 219 Å². The Morgan fingerprint density at radius 3 is 1.86 bits per heavy atom. The van der Waals surface area contributed by atoms with Crippen LogP contribution in [0.15, 0.2) is 108 Å². The number of allylic oxidation sites excluding steroid dienone is 3. The van der Waals surface area contributed by atoms with Gasteiger partial charge < -0.3 is 0 Å².